The lowest BCUT2D eigenvalue weighted by Gasteiger charge is -2.07. The largest absolute Gasteiger partial charge is 0.489 e. The Bertz CT molecular complexity index is 680. The second-order valence-corrected chi connectivity index (χ2v) is 6.70. The Hall–Kier alpha value is -1.71. The highest BCUT2D eigenvalue weighted by molar-refractivity contribution is 6.42. The van der Waals surface area contributed by atoms with E-state index in [1.807, 2.05) is 38.1 Å². The lowest BCUT2D eigenvalue weighted by molar-refractivity contribution is -0.141. The van der Waals surface area contributed by atoms with Gasteiger partial charge in [-0.15, -0.1) is 0 Å². The molecule has 2 aromatic carbocycles. The zero-order valence-electron chi connectivity index (χ0n) is 15.5. The summed E-state index contributed by atoms with van der Waals surface area (Å²) in [4.78, 5) is 10.2. The Morgan fingerprint density at radius 1 is 0.962 bits per heavy atom. The fourth-order valence-electron chi connectivity index (χ4n) is 2.26. The third kappa shape index (κ3) is 7.67. The van der Waals surface area contributed by atoms with Crippen molar-refractivity contribution in [1.29, 1.82) is 0 Å². The summed E-state index contributed by atoms with van der Waals surface area (Å²) in [5, 5.41) is 9.49. The van der Waals surface area contributed by atoms with Crippen LogP contribution in [0.2, 0.25) is 10.0 Å². The Morgan fingerprint density at radius 3 is 1.96 bits per heavy atom. The number of carboxylic acid groups (broad SMARTS) is 1. The summed E-state index contributed by atoms with van der Waals surface area (Å²) in [6.45, 7) is 6.40. The quantitative estimate of drug-likeness (QED) is 0.570. The molecule has 0 bridgehead atoms. The number of rotatable bonds is 7. The molecule has 0 fully saturated rings. The average molecular weight is 397 g/mol. The van der Waals surface area contributed by atoms with Crippen LogP contribution in [0.3, 0.4) is 0 Å². The van der Waals surface area contributed by atoms with E-state index < -0.39 is 5.97 Å². The zero-order valence-corrected chi connectivity index (χ0v) is 17.0. The van der Waals surface area contributed by atoms with Crippen LogP contribution >= 0.6 is 23.2 Å². The predicted octanol–water partition coefficient (Wildman–Crippen LogP) is 6.64. The van der Waals surface area contributed by atoms with Gasteiger partial charge in [0.05, 0.1) is 16.0 Å². The van der Waals surface area contributed by atoms with Crippen molar-refractivity contribution in [2.75, 3.05) is 0 Å². The van der Waals surface area contributed by atoms with Gasteiger partial charge in [0.15, 0.2) is 0 Å². The van der Waals surface area contributed by atoms with Crippen molar-refractivity contribution in [2.24, 2.45) is 5.92 Å². The second-order valence-electron chi connectivity index (χ2n) is 5.89. The van der Waals surface area contributed by atoms with Crippen molar-refractivity contribution in [3.63, 3.8) is 0 Å². The first-order valence-electron chi connectivity index (χ1n) is 8.79. The van der Waals surface area contributed by atoms with Crippen molar-refractivity contribution in [2.45, 2.75) is 46.6 Å². The van der Waals surface area contributed by atoms with E-state index in [0.29, 0.717) is 16.7 Å². The highest BCUT2D eigenvalue weighted by Crippen LogP contribution is 2.23. The van der Waals surface area contributed by atoms with E-state index in [1.54, 1.807) is 6.07 Å². The van der Waals surface area contributed by atoms with Gasteiger partial charge in [-0.25, -0.2) is 0 Å². The van der Waals surface area contributed by atoms with Gasteiger partial charge in [0.25, 0.3) is 0 Å². The first kappa shape index (κ1) is 22.3. The highest BCUT2D eigenvalue weighted by atomic mass is 35.5. The molecule has 0 radical (unpaired) electrons. The number of aliphatic carboxylic acids is 1. The highest BCUT2D eigenvalue weighted by Gasteiger charge is 2.10. The Balaban J connectivity index is 0.000000359. The molecule has 0 saturated carbocycles. The molecule has 0 aliphatic carbocycles. The number of hydrogen-bond donors (Lipinski definition) is 1. The average Bonchev–Trinajstić information content (AvgIpc) is 2.64. The van der Waals surface area contributed by atoms with Crippen LogP contribution in [0.1, 0.15) is 44.7 Å². The Morgan fingerprint density at radius 2 is 1.54 bits per heavy atom. The fraction of sp³-hybridized carbons (Fsp3) is 0.381. The molecule has 0 aromatic heterocycles. The van der Waals surface area contributed by atoms with Gasteiger partial charge in [0.2, 0.25) is 0 Å². The molecule has 0 unspecified atom stereocenters. The van der Waals surface area contributed by atoms with Crippen LogP contribution in [0.15, 0.2) is 42.5 Å². The van der Waals surface area contributed by atoms with Gasteiger partial charge >= 0.3 is 5.97 Å². The first-order valence-corrected chi connectivity index (χ1v) is 9.55. The van der Waals surface area contributed by atoms with Gasteiger partial charge in [0.1, 0.15) is 12.4 Å². The minimum absolute atomic E-state index is 0.130. The summed E-state index contributed by atoms with van der Waals surface area (Å²) in [5.41, 5.74) is 2.31. The number of carboxylic acids is 1. The standard InChI is InChI=1S/C15H14Cl2O.C6H12O2/c1-2-11-3-6-13(7-4-11)18-10-12-5-8-14(16)15(17)9-12;1-3-5(4-2)6(7)8/h3-9H,2,10H2,1H3;5H,3-4H2,1-2H3,(H,7,8). The molecular weight excluding hydrogens is 371 g/mol. The van der Waals surface area contributed by atoms with E-state index in [1.165, 1.54) is 5.56 Å². The maximum absolute atomic E-state index is 10.2. The van der Waals surface area contributed by atoms with Gasteiger partial charge in [-0.1, -0.05) is 62.2 Å². The monoisotopic (exact) mass is 396 g/mol. The fourth-order valence-corrected chi connectivity index (χ4v) is 2.58. The van der Waals surface area contributed by atoms with E-state index in [0.717, 1.165) is 30.6 Å². The molecule has 5 heteroatoms. The van der Waals surface area contributed by atoms with Crippen LogP contribution in [0.25, 0.3) is 0 Å². The molecular formula is C21H26Cl2O3. The molecule has 0 aliphatic heterocycles. The molecule has 0 atom stereocenters. The predicted molar refractivity (Wildman–Crippen MR) is 108 cm³/mol. The van der Waals surface area contributed by atoms with E-state index >= 15 is 0 Å². The topological polar surface area (TPSA) is 46.5 Å². The molecule has 1 N–H and O–H groups in total. The van der Waals surface area contributed by atoms with Crippen LogP contribution in [0.4, 0.5) is 0 Å². The van der Waals surface area contributed by atoms with Crippen molar-refractivity contribution >= 4 is 29.2 Å². The maximum Gasteiger partial charge on any atom is 0.306 e. The molecule has 0 saturated heterocycles. The van der Waals surface area contributed by atoms with Gasteiger partial charge < -0.3 is 9.84 Å². The molecule has 26 heavy (non-hydrogen) atoms. The zero-order chi connectivity index (χ0) is 19.5. The number of aryl methyl sites for hydroxylation is 1. The van der Waals surface area contributed by atoms with Crippen molar-refractivity contribution in [3.8, 4) is 5.75 Å². The van der Waals surface area contributed by atoms with Crippen LogP contribution in [0, 0.1) is 5.92 Å². The van der Waals surface area contributed by atoms with Gasteiger partial charge in [-0.3, -0.25) is 4.79 Å². The second kappa shape index (κ2) is 11.8. The van der Waals surface area contributed by atoms with E-state index in [4.69, 9.17) is 33.0 Å². The van der Waals surface area contributed by atoms with Gasteiger partial charge in [0, 0.05) is 0 Å². The number of hydrogen-bond acceptors (Lipinski definition) is 2. The van der Waals surface area contributed by atoms with Crippen LogP contribution in [-0.2, 0) is 17.8 Å². The van der Waals surface area contributed by atoms with Crippen molar-refractivity contribution in [1.82, 2.24) is 0 Å². The minimum Gasteiger partial charge on any atom is -0.489 e. The summed E-state index contributed by atoms with van der Waals surface area (Å²) >= 11 is 11.8. The van der Waals surface area contributed by atoms with Crippen molar-refractivity contribution in [3.05, 3.63) is 63.6 Å². The third-order valence-corrected chi connectivity index (χ3v) is 4.79. The molecule has 142 valence electrons. The van der Waals surface area contributed by atoms with E-state index in [9.17, 15) is 4.79 Å². The minimum atomic E-state index is -0.671. The molecule has 0 amide bonds. The lowest BCUT2D eigenvalue weighted by Crippen LogP contribution is -2.10. The summed E-state index contributed by atoms with van der Waals surface area (Å²) in [6.07, 6.45) is 2.52. The Kier molecular flexibility index (Phi) is 10.2. The molecule has 0 aliphatic rings. The number of ether oxygens (including phenoxy) is 1. The molecule has 0 spiro atoms. The summed E-state index contributed by atoms with van der Waals surface area (Å²) in [5.74, 6) is 0.0586. The van der Waals surface area contributed by atoms with Crippen LogP contribution < -0.4 is 4.74 Å². The molecule has 0 heterocycles. The summed E-state index contributed by atoms with van der Waals surface area (Å²) < 4.78 is 5.68. The van der Waals surface area contributed by atoms with Crippen LogP contribution in [0.5, 0.6) is 5.75 Å². The Labute approximate surface area is 165 Å². The molecule has 3 nitrogen and oxygen atoms in total. The van der Waals surface area contributed by atoms with Gasteiger partial charge in [-0.2, -0.15) is 0 Å². The maximum atomic E-state index is 10.2. The van der Waals surface area contributed by atoms with Gasteiger partial charge in [-0.05, 0) is 54.7 Å². The summed E-state index contributed by atoms with van der Waals surface area (Å²) in [6, 6.07) is 13.6. The van der Waals surface area contributed by atoms with E-state index in [2.05, 4.69) is 19.1 Å². The number of carbonyl (C=O) groups is 1. The number of benzene rings is 2. The summed E-state index contributed by atoms with van der Waals surface area (Å²) in [7, 11) is 0. The molecule has 2 aromatic rings. The number of halogens is 2. The smallest absolute Gasteiger partial charge is 0.306 e. The van der Waals surface area contributed by atoms with Crippen molar-refractivity contribution < 1.29 is 14.6 Å². The van der Waals surface area contributed by atoms with E-state index in [-0.39, 0.29) is 5.92 Å². The first-order chi connectivity index (χ1) is 12.4. The normalized spacial score (nSPS) is 10.2. The third-order valence-electron chi connectivity index (χ3n) is 4.06. The van der Waals surface area contributed by atoms with Crippen LogP contribution in [-0.4, -0.2) is 11.1 Å². The molecule has 2 rings (SSSR count). The lowest BCUT2D eigenvalue weighted by atomic mass is 10.1. The SMILES string of the molecule is CCC(CC)C(=O)O.CCc1ccc(OCc2ccc(Cl)c(Cl)c2)cc1.